The number of hydrogen-bond donors (Lipinski definition) is 2. The summed E-state index contributed by atoms with van der Waals surface area (Å²) in [6, 6.07) is 5.66. The molecule has 1 fully saturated rings. The first-order chi connectivity index (χ1) is 8.09. The average molecular weight is 318 g/mol. The van der Waals surface area contributed by atoms with E-state index in [-0.39, 0.29) is 17.9 Å². The Morgan fingerprint density at radius 3 is 3.00 bits per heavy atom. The van der Waals surface area contributed by atoms with Gasteiger partial charge in [-0.15, -0.1) is 0 Å². The number of benzene rings is 1. The molecule has 1 amide bonds. The number of anilines is 1. The summed E-state index contributed by atoms with van der Waals surface area (Å²) in [5, 5.41) is 6.77. The molecule has 92 valence electrons. The van der Waals surface area contributed by atoms with Gasteiger partial charge in [0.05, 0.1) is 21.1 Å². The number of nitrogens with one attached hydrogen (secondary N) is 2. The number of rotatable bonds is 2. The lowest BCUT2D eigenvalue weighted by Gasteiger charge is -2.16. The van der Waals surface area contributed by atoms with Gasteiger partial charge in [0.15, 0.2) is 0 Å². The zero-order valence-corrected chi connectivity index (χ0v) is 11.8. The van der Waals surface area contributed by atoms with Crippen molar-refractivity contribution in [3.63, 3.8) is 0 Å². The lowest BCUT2D eigenvalue weighted by molar-refractivity contribution is -0.120. The first-order valence-electron chi connectivity index (χ1n) is 5.58. The van der Waals surface area contributed by atoms with E-state index in [9.17, 15) is 4.79 Å². The van der Waals surface area contributed by atoms with Crippen LogP contribution in [-0.2, 0) is 4.79 Å². The summed E-state index contributed by atoms with van der Waals surface area (Å²) < 4.78 is 0.730. The Morgan fingerprint density at radius 1 is 1.59 bits per heavy atom. The second kappa shape index (κ2) is 5.38. The van der Waals surface area contributed by atoms with E-state index in [0.717, 1.165) is 23.1 Å². The van der Waals surface area contributed by atoms with Gasteiger partial charge in [-0.05, 0) is 48.0 Å². The first-order valence-corrected chi connectivity index (χ1v) is 6.75. The van der Waals surface area contributed by atoms with Crippen molar-refractivity contribution in [1.82, 2.24) is 5.32 Å². The van der Waals surface area contributed by atoms with E-state index in [4.69, 9.17) is 11.6 Å². The molecule has 2 unspecified atom stereocenters. The molecule has 1 aromatic carbocycles. The third-order valence-electron chi connectivity index (χ3n) is 3.07. The van der Waals surface area contributed by atoms with Crippen molar-refractivity contribution in [3.05, 3.63) is 27.7 Å². The van der Waals surface area contributed by atoms with Crippen molar-refractivity contribution in [2.45, 2.75) is 19.4 Å². The fourth-order valence-electron chi connectivity index (χ4n) is 2.04. The summed E-state index contributed by atoms with van der Waals surface area (Å²) in [4.78, 5) is 12.1. The number of amides is 1. The molecule has 1 aliphatic rings. The van der Waals surface area contributed by atoms with Crippen LogP contribution < -0.4 is 10.6 Å². The zero-order chi connectivity index (χ0) is 12.4. The molecular weight excluding hydrogens is 304 g/mol. The Morgan fingerprint density at radius 2 is 2.35 bits per heavy atom. The quantitative estimate of drug-likeness (QED) is 0.880. The number of carbonyl (C=O) groups is 1. The molecule has 2 atom stereocenters. The van der Waals surface area contributed by atoms with E-state index in [1.54, 1.807) is 6.07 Å². The van der Waals surface area contributed by atoms with Gasteiger partial charge < -0.3 is 10.6 Å². The van der Waals surface area contributed by atoms with E-state index in [0.29, 0.717) is 5.02 Å². The van der Waals surface area contributed by atoms with Gasteiger partial charge >= 0.3 is 0 Å². The van der Waals surface area contributed by atoms with Gasteiger partial charge in [0, 0.05) is 6.04 Å². The van der Waals surface area contributed by atoms with E-state index >= 15 is 0 Å². The molecule has 0 radical (unpaired) electrons. The summed E-state index contributed by atoms with van der Waals surface area (Å²) in [7, 11) is 0. The van der Waals surface area contributed by atoms with Gasteiger partial charge in [-0.2, -0.15) is 0 Å². The SMILES string of the molecule is CC1NCCC1C(=O)Nc1cccc(Cl)c1Br. The van der Waals surface area contributed by atoms with Crippen LogP contribution in [0.5, 0.6) is 0 Å². The molecule has 0 saturated carbocycles. The van der Waals surface area contributed by atoms with Gasteiger partial charge in [-0.3, -0.25) is 4.79 Å². The average Bonchev–Trinajstić information content (AvgIpc) is 2.71. The highest BCUT2D eigenvalue weighted by molar-refractivity contribution is 9.10. The molecular formula is C12H14BrClN2O. The van der Waals surface area contributed by atoms with Gasteiger partial charge in [-0.25, -0.2) is 0 Å². The Bertz CT molecular complexity index is 439. The van der Waals surface area contributed by atoms with Crippen LogP contribution in [0.25, 0.3) is 0 Å². The van der Waals surface area contributed by atoms with Crippen LogP contribution in [0.3, 0.4) is 0 Å². The lowest BCUT2D eigenvalue weighted by atomic mass is 10.0. The third kappa shape index (κ3) is 2.81. The highest BCUT2D eigenvalue weighted by atomic mass is 79.9. The lowest BCUT2D eigenvalue weighted by Crippen LogP contribution is -2.32. The van der Waals surface area contributed by atoms with Crippen LogP contribution in [0.2, 0.25) is 5.02 Å². The van der Waals surface area contributed by atoms with Gasteiger partial charge in [0.2, 0.25) is 5.91 Å². The minimum atomic E-state index is 0.0286. The molecule has 3 nitrogen and oxygen atoms in total. The fraction of sp³-hybridized carbons (Fsp3) is 0.417. The van der Waals surface area contributed by atoms with Gasteiger partial charge in [0.1, 0.15) is 0 Å². The Kier molecular flexibility index (Phi) is 4.07. The summed E-state index contributed by atoms with van der Waals surface area (Å²) >= 11 is 9.35. The van der Waals surface area contributed by atoms with Crippen LogP contribution in [0, 0.1) is 5.92 Å². The molecule has 1 heterocycles. The van der Waals surface area contributed by atoms with Crippen molar-refractivity contribution in [1.29, 1.82) is 0 Å². The predicted octanol–water partition coefficient (Wildman–Crippen LogP) is 3.04. The van der Waals surface area contributed by atoms with Crippen molar-refractivity contribution in [2.24, 2.45) is 5.92 Å². The van der Waals surface area contributed by atoms with Gasteiger partial charge in [0.25, 0.3) is 0 Å². The summed E-state index contributed by atoms with van der Waals surface area (Å²) in [6.07, 6.45) is 0.880. The summed E-state index contributed by atoms with van der Waals surface area (Å²) in [5.74, 6) is 0.0753. The van der Waals surface area contributed by atoms with Crippen molar-refractivity contribution in [3.8, 4) is 0 Å². The minimum absolute atomic E-state index is 0.0286. The van der Waals surface area contributed by atoms with E-state index in [2.05, 4.69) is 26.6 Å². The minimum Gasteiger partial charge on any atom is -0.325 e. The van der Waals surface area contributed by atoms with Crippen molar-refractivity contribution in [2.75, 3.05) is 11.9 Å². The second-order valence-corrected chi connectivity index (χ2v) is 5.43. The molecule has 1 aliphatic heterocycles. The molecule has 2 N–H and O–H groups in total. The van der Waals surface area contributed by atoms with Crippen molar-refractivity contribution < 1.29 is 4.79 Å². The molecule has 17 heavy (non-hydrogen) atoms. The third-order valence-corrected chi connectivity index (χ3v) is 4.47. The molecule has 5 heteroatoms. The van der Waals surface area contributed by atoms with Crippen LogP contribution in [0.4, 0.5) is 5.69 Å². The molecule has 0 aromatic heterocycles. The monoisotopic (exact) mass is 316 g/mol. The van der Waals surface area contributed by atoms with Gasteiger partial charge in [-0.1, -0.05) is 17.7 Å². The topological polar surface area (TPSA) is 41.1 Å². The van der Waals surface area contributed by atoms with Crippen LogP contribution in [-0.4, -0.2) is 18.5 Å². The van der Waals surface area contributed by atoms with Crippen LogP contribution >= 0.6 is 27.5 Å². The highest BCUT2D eigenvalue weighted by Gasteiger charge is 2.29. The molecule has 1 saturated heterocycles. The van der Waals surface area contributed by atoms with Crippen molar-refractivity contribution >= 4 is 39.1 Å². The Hall–Kier alpha value is -0.580. The second-order valence-electron chi connectivity index (χ2n) is 4.23. The smallest absolute Gasteiger partial charge is 0.229 e. The number of halogens is 2. The maximum Gasteiger partial charge on any atom is 0.229 e. The number of hydrogen-bond acceptors (Lipinski definition) is 2. The standard InChI is InChI=1S/C12H14BrClN2O/c1-7-8(5-6-15-7)12(17)16-10-4-2-3-9(14)11(10)13/h2-4,7-8,15H,5-6H2,1H3,(H,16,17). The molecule has 0 spiro atoms. The van der Waals surface area contributed by atoms with E-state index in [1.807, 2.05) is 19.1 Å². The predicted molar refractivity (Wildman–Crippen MR) is 73.4 cm³/mol. The first kappa shape index (κ1) is 12.9. The van der Waals surface area contributed by atoms with Crippen LogP contribution in [0.1, 0.15) is 13.3 Å². The van der Waals surface area contributed by atoms with Crippen LogP contribution in [0.15, 0.2) is 22.7 Å². The molecule has 2 rings (SSSR count). The molecule has 1 aromatic rings. The summed E-state index contributed by atoms with van der Waals surface area (Å²) in [6.45, 7) is 2.93. The van der Waals surface area contributed by atoms with E-state index < -0.39 is 0 Å². The number of carbonyl (C=O) groups excluding carboxylic acids is 1. The molecule has 0 aliphatic carbocycles. The highest BCUT2D eigenvalue weighted by Crippen LogP contribution is 2.30. The Balaban J connectivity index is 2.10. The maximum atomic E-state index is 12.1. The Labute approximate surface area is 114 Å². The maximum absolute atomic E-state index is 12.1. The largest absolute Gasteiger partial charge is 0.325 e. The summed E-state index contributed by atoms with van der Waals surface area (Å²) in [5.41, 5.74) is 0.724. The fourth-order valence-corrected chi connectivity index (χ4v) is 2.58. The normalized spacial score (nSPS) is 23.7. The zero-order valence-electron chi connectivity index (χ0n) is 9.47. The molecule has 0 bridgehead atoms. The van der Waals surface area contributed by atoms with E-state index in [1.165, 1.54) is 0 Å².